The number of benzene rings is 3. The normalized spacial score (nSPS) is 14.4. The molecular weight excluding hydrogens is 336 g/mol. The van der Waals surface area contributed by atoms with E-state index in [2.05, 4.69) is 35.2 Å². The van der Waals surface area contributed by atoms with Gasteiger partial charge in [-0.1, -0.05) is 54.6 Å². The highest BCUT2D eigenvalue weighted by Crippen LogP contribution is 2.28. The number of carbonyl (C=O) groups excluding carboxylic acids is 1. The molecule has 0 saturated carbocycles. The van der Waals surface area contributed by atoms with E-state index in [0.717, 1.165) is 43.2 Å². The minimum Gasteiger partial charge on any atom is -0.495 e. The number of piperazine rings is 1. The fourth-order valence-corrected chi connectivity index (χ4v) is 3.81. The molecule has 0 radical (unpaired) electrons. The first-order chi connectivity index (χ1) is 13.3. The molecule has 138 valence electrons. The summed E-state index contributed by atoms with van der Waals surface area (Å²) < 4.78 is 5.47. The van der Waals surface area contributed by atoms with Gasteiger partial charge in [-0.25, -0.2) is 0 Å². The first-order valence-electron chi connectivity index (χ1n) is 9.38. The highest BCUT2D eigenvalue weighted by Gasteiger charge is 2.23. The third-order valence-electron chi connectivity index (χ3n) is 5.28. The molecule has 0 aromatic heterocycles. The van der Waals surface area contributed by atoms with E-state index in [1.807, 2.05) is 41.3 Å². The van der Waals surface area contributed by atoms with Crippen molar-refractivity contribution in [3.05, 3.63) is 72.3 Å². The van der Waals surface area contributed by atoms with E-state index in [0.29, 0.717) is 6.42 Å². The number of ether oxygens (including phenoxy) is 1. The second kappa shape index (κ2) is 7.70. The second-order valence-corrected chi connectivity index (χ2v) is 6.85. The van der Waals surface area contributed by atoms with Crippen LogP contribution in [-0.4, -0.2) is 44.1 Å². The van der Waals surface area contributed by atoms with Gasteiger partial charge in [-0.2, -0.15) is 0 Å². The smallest absolute Gasteiger partial charge is 0.227 e. The molecule has 1 amide bonds. The van der Waals surface area contributed by atoms with E-state index in [9.17, 15) is 4.79 Å². The van der Waals surface area contributed by atoms with E-state index in [4.69, 9.17) is 4.74 Å². The van der Waals surface area contributed by atoms with Crippen LogP contribution in [0.2, 0.25) is 0 Å². The van der Waals surface area contributed by atoms with E-state index in [1.54, 1.807) is 7.11 Å². The summed E-state index contributed by atoms with van der Waals surface area (Å²) in [6.45, 7) is 3.12. The number of hydrogen-bond acceptors (Lipinski definition) is 3. The fraction of sp³-hybridized carbons (Fsp3) is 0.261. The van der Waals surface area contributed by atoms with Crippen molar-refractivity contribution in [2.45, 2.75) is 6.42 Å². The van der Waals surface area contributed by atoms with Gasteiger partial charge in [-0.05, 0) is 28.5 Å². The zero-order chi connectivity index (χ0) is 18.6. The Hall–Kier alpha value is -3.01. The molecule has 3 aromatic rings. The topological polar surface area (TPSA) is 32.8 Å². The van der Waals surface area contributed by atoms with E-state index in [1.165, 1.54) is 10.8 Å². The third-order valence-corrected chi connectivity index (χ3v) is 5.28. The Morgan fingerprint density at radius 1 is 0.889 bits per heavy atom. The van der Waals surface area contributed by atoms with Gasteiger partial charge in [-0.3, -0.25) is 4.79 Å². The van der Waals surface area contributed by atoms with Gasteiger partial charge >= 0.3 is 0 Å². The zero-order valence-electron chi connectivity index (χ0n) is 15.6. The number of anilines is 1. The van der Waals surface area contributed by atoms with Crippen LogP contribution in [0.4, 0.5) is 5.69 Å². The maximum atomic E-state index is 12.9. The quantitative estimate of drug-likeness (QED) is 0.711. The molecule has 4 rings (SSSR count). The summed E-state index contributed by atoms with van der Waals surface area (Å²) in [7, 11) is 1.70. The Balaban J connectivity index is 1.43. The van der Waals surface area contributed by atoms with Crippen LogP contribution in [0.1, 0.15) is 5.56 Å². The van der Waals surface area contributed by atoms with Crippen LogP contribution in [0.3, 0.4) is 0 Å². The molecule has 4 heteroatoms. The predicted molar refractivity (Wildman–Crippen MR) is 109 cm³/mol. The lowest BCUT2D eigenvalue weighted by atomic mass is 10.0. The number of amides is 1. The predicted octanol–water partition coefficient (Wildman–Crippen LogP) is 3.74. The molecule has 0 N–H and O–H groups in total. The van der Waals surface area contributed by atoms with Gasteiger partial charge in [0.15, 0.2) is 0 Å². The van der Waals surface area contributed by atoms with Gasteiger partial charge in [0.2, 0.25) is 5.91 Å². The number of carbonyl (C=O) groups is 1. The molecule has 1 aliphatic heterocycles. The maximum Gasteiger partial charge on any atom is 0.227 e. The standard InChI is InChI=1S/C23H24N2O2/c1-27-22-12-5-4-11-21(22)24-13-15-25(16-14-24)23(26)17-19-9-6-8-18-7-2-3-10-20(18)19/h2-12H,13-17H2,1H3. The summed E-state index contributed by atoms with van der Waals surface area (Å²) in [5, 5.41) is 2.35. The van der Waals surface area contributed by atoms with E-state index >= 15 is 0 Å². The van der Waals surface area contributed by atoms with Crippen LogP contribution in [0, 0.1) is 0 Å². The first-order valence-corrected chi connectivity index (χ1v) is 9.38. The van der Waals surface area contributed by atoms with Crippen LogP contribution >= 0.6 is 0 Å². The second-order valence-electron chi connectivity index (χ2n) is 6.85. The van der Waals surface area contributed by atoms with Crippen molar-refractivity contribution < 1.29 is 9.53 Å². The highest BCUT2D eigenvalue weighted by atomic mass is 16.5. The largest absolute Gasteiger partial charge is 0.495 e. The van der Waals surface area contributed by atoms with Crippen molar-refractivity contribution in [1.82, 2.24) is 4.90 Å². The molecule has 4 nitrogen and oxygen atoms in total. The van der Waals surface area contributed by atoms with Crippen molar-refractivity contribution in [3.8, 4) is 5.75 Å². The molecule has 0 aliphatic carbocycles. The Labute approximate surface area is 160 Å². The van der Waals surface area contributed by atoms with Crippen LogP contribution in [0.5, 0.6) is 5.75 Å². The number of rotatable bonds is 4. The van der Waals surface area contributed by atoms with Gasteiger partial charge in [0.1, 0.15) is 5.75 Å². The molecule has 1 aliphatic rings. The Morgan fingerprint density at radius 3 is 2.41 bits per heavy atom. The van der Waals surface area contributed by atoms with Crippen molar-refractivity contribution in [2.75, 3.05) is 38.2 Å². The van der Waals surface area contributed by atoms with Crippen molar-refractivity contribution in [3.63, 3.8) is 0 Å². The number of para-hydroxylation sites is 2. The molecule has 27 heavy (non-hydrogen) atoms. The third kappa shape index (κ3) is 3.61. The van der Waals surface area contributed by atoms with E-state index in [-0.39, 0.29) is 5.91 Å². The SMILES string of the molecule is COc1ccccc1N1CCN(C(=O)Cc2cccc3ccccc23)CC1. The van der Waals surface area contributed by atoms with Crippen LogP contribution < -0.4 is 9.64 Å². The maximum absolute atomic E-state index is 12.9. The molecular formula is C23H24N2O2. The minimum atomic E-state index is 0.200. The molecule has 1 saturated heterocycles. The lowest BCUT2D eigenvalue weighted by Crippen LogP contribution is -2.49. The average molecular weight is 360 g/mol. The van der Waals surface area contributed by atoms with Crippen molar-refractivity contribution >= 4 is 22.4 Å². The Bertz CT molecular complexity index is 941. The Morgan fingerprint density at radius 2 is 1.59 bits per heavy atom. The summed E-state index contributed by atoms with van der Waals surface area (Å²) in [6, 6.07) is 22.5. The number of hydrogen-bond donors (Lipinski definition) is 0. The van der Waals surface area contributed by atoms with Crippen LogP contribution in [-0.2, 0) is 11.2 Å². The molecule has 1 heterocycles. The summed E-state index contributed by atoms with van der Waals surface area (Å²) >= 11 is 0. The van der Waals surface area contributed by atoms with Gasteiger partial charge in [0, 0.05) is 26.2 Å². The Kier molecular flexibility index (Phi) is 4.97. The van der Waals surface area contributed by atoms with Gasteiger partial charge in [0.05, 0.1) is 19.2 Å². The lowest BCUT2D eigenvalue weighted by molar-refractivity contribution is -0.130. The fourth-order valence-electron chi connectivity index (χ4n) is 3.81. The zero-order valence-corrected chi connectivity index (χ0v) is 15.6. The molecule has 0 unspecified atom stereocenters. The number of fused-ring (bicyclic) bond motifs is 1. The summed E-state index contributed by atoms with van der Waals surface area (Å²) in [4.78, 5) is 17.1. The monoisotopic (exact) mass is 360 g/mol. The van der Waals surface area contributed by atoms with Gasteiger partial charge in [0.25, 0.3) is 0 Å². The average Bonchev–Trinajstić information content (AvgIpc) is 2.74. The molecule has 0 bridgehead atoms. The van der Waals surface area contributed by atoms with Gasteiger partial charge in [-0.15, -0.1) is 0 Å². The first kappa shape index (κ1) is 17.4. The van der Waals surface area contributed by atoms with Crippen molar-refractivity contribution in [1.29, 1.82) is 0 Å². The molecule has 3 aromatic carbocycles. The minimum absolute atomic E-state index is 0.200. The molecule has 1 fully saturated rings. The van der Waals surface area contributed by atoms with Crippen LogP contribution in [0.25, 0.3) is 10.8 Å². The number of methoxy groups -OCH3 is 1. The number of nitrogens with zero attached hydrogens (tertiary/aromatic N) is 2. The molecule has 0 spiro atoms. The summed E-state index contributed by atoms with van der Waals surface area (Å²) in [5.41, 5.74) is 2.20. The molecule has 0 atom stereocenters. The van der Waals surface area contributed by atoms with E-state index < -0.39 is 0 Å². The van der Waals surface area contributed by atoms with Gasteiger partial charge < -0.3 is 14.5 Å². The summed E-state index contributed by atoms with van der Waals surface area (Å²) in [5.74, 6) is 1.08. The lowest BCUT2D eigenvalue weighted by Gasteiger charge is -2.36. The van der Waals surface area contributed by atoms with Crippen LogP contribution in [0.15, 0.2) is 66.7 Å². The van der Waals surface area contributed by atoms with Crippen molar-refractivity contribution in [2.24, 2.45) is 0 Å². The highest BCUT2D eigenvalue weighted by molar-refractivity contribution is 5.90. The summed E-state index contributed by atoms with van der Waals surface area (Å²) in [6.07, 6.45) is 0.454.